The summed E-state index contributed by atoms with van der Waals surface area (Å²) in [6.45, 7) is 11.4. The first kappa shape index (κ1) is 42.6. The number of alkyl carbamates (subject to hydrolysis) is 1. The van der Waals surface area contributed by atoms with Crippen LogP contribution in [0.3, 0.4) is 0 Å². The number of likely N-dealkylation sites (tertiary alicyclic amines) is 2. The molecule has 0 spiro atoms. The highest BCUT2D eigenvalue weighted by Gasteiger charge is 2.40. The van der Waals surface area contributed by atoms with Crippen molar-refractivity contribution in [1.82, 2.24) is 25.8 Å². The summed E-state index contributed by atoms with van der Waals surface area (Å²) in [5.41, 5.74) is 0.481. The molecule has 2 aliphatic rings. The zero-order valence-corrected chi connectivity index (χ0v) is 33.1. The van der Waals surface area contributed by atoms with Gasteiger partial charge >= 0.3 is 12.1 Å². The van der Waals surface area contributed by atoms with Crippen LogP contribution in [0.5, 0.6) is 5.75 Å². The van der Waals surface area contributed by atoms with E-state index in [1.807, 2.05) is 75.4 Å². The number of nitrogens with zero attached hydrogens (tertiary/aromatic N) is 2. The summed E-state index contributed by atoms with van der Waals surface area (Å²) < 4.78 is 16.1. The van der Waals surface area contributed by atoms with Crippen molar-refractivity contribution < 1.29 is 43.0 Å². The van der Waals surface area contributed by atoms with Crippen molar-refractivity contribution in [3.63, 3.8) is 0 Å². The third-order valence-corrected chi connectivity index (χ3v) is 9.22. The smallest absolute Gasteiger partial charge is 0.408 e. The summed E-state index contributed by atoms with van der Waals surface area (Å²) in [6.07, 6.45) is 1.68. The number of nitrogens with one attached hydrogen (secondary N) is 3. The second-order valence-electron chi connectivity index (χ2n) is 16.1. The van der Waals surface area contributed by atoms with Gasteiger partial charge in [-0.15, -0.1) is 0 Å². The number of methoxy groups -OCH3 is 1. The molecule has 4 rings (SSSR count). The summed E-state index contributed by atoms with van der Waals surface area (Å²) in [4.78, 5) is 82.6. The molecule has 0 bridgehead atoms. The second kappa shape index (κ2) is 18.9. The van der Waals surface area contributed by atoms with E-state index in [4.69, 9.17) is 9.47 Å². The third kappa shape index (κ3) is 13.3. The Morgan fingerprint density at radius 1 is 0.745 bits per heavy atom. The van der Waals surface area contributed by atoms with Crippen LogP contribution in [0.25, 0.3) is 0 Å². The van der Waals surface area contributed by atoms with E-state index in [1.165, 1.54) is 16.9 Å². The maximum absolute atomic E-state index is 14.3. The molecular weight excluding hydrogens is 706 g/mol. The van der Waals surface area contributed by atoms with E-state index >= 15 is 0 Å². The second-order valence-corrected chi connectivity index (χ2v) is 16.1. The SMILES string of the molecule is COC(=O)CNC(=O)[C@@H]1CCCN1C(=O)C[C@H](Cc1ccccc1)NC(=O)[C@@H]1CCCN1C(=O)[C@H](Cc1ccc(OC(C)(C)C)cc1)NC(=O)OC(C)(C)C. The number of benzene rings is 2. The molecule has 2 fully saturated rings. The molecule has 14 nitrogen and oxygen atoms in total. The van der Waals surface area contributed by atoms with Gasteiger partial charge in [-0.2, -0.15) is 0 Å². The first-order chi connectivity index (χ1) is 25.9. The van der Waals surface area contributed by atoms with Gasteiger partial charge in [0.25, 0.3) is 0 Å². The molecule has 300 valence electrons. The van der Waals surface area contributed by atoms with Gasteiger partial charge in [0.2, 0.25) is 23.6 Å². The van der Waals surface area contributed by atoms with Gasteiger partial charge in [-0.1, -0.05) is 42.5 Å². The number of carbonyl (C=O) groups is 6. The molecule has 0 aliphatic carbocycles. The van der Waals surface area contributed by atoms with Crippen molar-refractivity contribution in [2.45, 2.75) is 122 Å². The zero-order chi connectivity index (χ0) is 40.3. The number of esters is 1. The lowest BCUT2D eigenvalue weighted by molar-refractivity contribution is -0.143. The first-order valence-electron chi connectivity index (χ1n) is 19.0. The van der Waals surface area contributed by atoms with Gasteiger partial charge in [-0.3, -0.25) is 24.0 Å². The molecule has 2 aromatic rings. The fourth-order valence-electron chi connectivity index (χ4n) is 6.82. The third-order valence-electron chi connectivity index (χ3n) is 9.22. The molecule has 14 heteroatoms. The maximum Gasteiger partial charge on any atom is 0.408 e. The Labute approximate surface area is 324 Å². The van der Waals surface area contributed by atoms with Gasteiger partial charge in [-0.25, -0.2) is 4.79 Å². The highest BCUT2D eigenvalue weighted by Crippen LogP contribution is 2.24. The van der Waals surface area contributed by atoms with Crippen molar-refractivity contribution in [1.29, 1.82) is 0 Å². The van der Waals surface area contributed by atoms with Gasteiger partial charge in [0.15, 0.2) is 0 Å². The number of ether oxygens (including phenoxy) is 3. The number of carbonyl (C=O) groups excluding carboxylic acids is 6. The van der Waals surface area contributed by atoms with E-state index in [2.05, 4.69) is 20.7 Å². The van der Waals surface area contributed by atoms with Gasteiger partial charge in [0.1, 0.15) is 41.6 Å². The van der Waals surface area contributed by atoms with E-state index in [1.54, 1.807) is 20.8 Å². The number of hydrogen-bond acceptors (Lipinski definition) is 9. The van der Waals surface area contributed by atoms with Crippen molar-refractivity contribution in [2.24, 2.45) is 0 Å². The van der Waals surface area contributed by atoms with Crippen molar-refractivity contribution in [2.75, 3.05) is 26.7 Å². The minimum absolute atomic E-state index is 0.0835. The molecule has 2 heterocycles. The minimum Gasteiger partial charge on any atom is -0.488 e. The van der Waals surface area contributed by atoms with E-state index in [0.717, 1.165) is 11.1 Å². The van der Waals surface area contributed by atoms with Gasteiger partial charge in [-0.05, 0) is 96.9 Å². The molecule has 0 saturated carbocycles. The Morgan fingerprint density at radius 3 is 1.95 bits per heavy atom. The van der Waals surface area contributed by atoms with Crippen LogP contribution in [-0.2, 0) is 46.3 Å². The lowest BCUT2D eigenvalue weighted by Gasteiger charge is -2.31. The van der Waals surface area contributed by atoms with Crippen molar-refractivity contribution in [3.8, 4) is 5.75 Å². The Kier molecular flexibility index (Phi) is 14.7. The topological polar surface area (TPSA) is 173 Å². The van der Waals surface area contributed by atoms with Crippen LogP contribution in [0.2, 0.25) is 0 Å². The van der Waals surface area contributed by atoms with Gasteiger partial charge in [0.05, 0.1) is 7.11 Å². The Bertz CT molecular complexity index is 1650. The lowest BCUT2D eigenvalue weighted by atomic mass is 10.0. The van der Waals surface area contributed by atoms with Crippen molar-refractivity contribution in [3.05, 3.63) is 65.7 Å². The molecule has 3 N–H and O–H groups in total. The standard InChI is InChI=1S/C41H57N5O9/c1-40(2,3)54-30-19-17-28(18-20-30)24-31(44-39(52)55-41(4,5)6)38(51)46-22-12-16-33(46)37(50)43-29(23-27-13-9-8-10-14-27)25-34(47)45-21-11-15-32(45)36(49)42-26-35(48)53-7/h8-10,13-14,17-20,29,31-33H,11-12,15-16,21-26H2,1-7H3,(H,42,49)(H,43,50)(H,44,52)/t29-,31-,32-,33-/m0/s1. The predicted octanol–water partition coefficient (Wildman–Crippen LogP) is 3.69. The van der Waals surface area contributed by atoms with Crippen LogP contribution in [0, 0.1) is 0 Å². The largest absolute Gasteiger partial charge is 0.488 e. The normalized spacial score (nSPS) is 18.2. The van der Waals surface area contributed by atoms with Crippen LogP contribution < -0.4 is 20.7 Å². The molecule has 4 atom stereocenters. The molecule has 2 saturated heterocycles. The summed E-state index contributed by atoms with van der Waals surface area (Å²) in [5, 5.41) is 8.35. The van der Waals surface area contributed by atoms with Crippen LogP contribution in [0.15, 0.2) is 54.6 Å². The summed E-state index contributed by atoms with van der Waals surface area (Å²) in [5.74, 6) is -1.51. The molecule has 2 aliphatic heterocycles. The van der Waals surface area contributed by atoms with Gasteiger partial charge < -0.3 is 40.0 Å². The monoisotopic (exact) mass is 763 g/mol. The van der Waals surface area contributed by atoms with Crippen LogP contribution in [0.1, 0.15) is 84.8 Å². The fraction of sp³-hybridized carbons (Fsp3) is 0.561. The van der Waals surface area contributed by atoms with Crippen molar-refractivity contribution >= 4 is 35.7 Å². The highest BCUT2D eigenvalue weighted by molar-refractivity contribution is 5.93. The molecule has 5 amide bonds. The van der Waals surface area contributed by atoms with Crippen LogP contribution >= 0.6 is 0 Å². The van der Waals surface area contributed by atoms with Crippen LogP contribution in [-0.4, -0.2) is 108 Å². The van der Waals surface area contributed by atoms with E-state index in [-0.39, 0.29) is 25.3 Å². The Balaban J connectivity index is 1.51. The molecule has 0 aromatic heterocycles. The lowest BCUT2D eigenvalue weighted by Crippen LogP contribution is -2.56. The summed E-state index contributed by atoms with van der Waals surface area (Å²) in [7, 11) is 1.23. The zero-order valence-electron chi connectivity index (χ0n) is 33.1. The minimum atomic E-state index is -1.03. The summed E-state index contributed by atoms with van der Waals surface area (Å²) in [6, 6.07) is 13.5. The average Bonchev–Trinajstić information content (AvgIpc) is 3.81. The Morgan fingerprint density at radius 2 is 1.35 bits per heavy atom. The molecule has 0 unspecified atom stereocenters. The number of rotatable bonds is 14. The Hall–Kier alpha value is -5.14. The first-order valence-corrected chi connectivity index (χ1v) is 19.0. The molecule has 55 heavy (non-hydrogen) atoms. The highest BCUT2D eigenvalue weighted by atomic mass is 16.6. The van der Waals surface area contributed by atoms with Crippen LogP contribution in [0.4, 0.5) is 4.79 Å². The molecular formula is C41H57N5O9. The van der Waals surface area contributed by atoms with Gasteiger partial charge in [0, 0.05) is 32.0 Å². The fourth-order valence-corrected chi connectivity index (χ4v) is 6.82. The molecule has 0 radical (unpaired) electrons. The maximum atomic E-state index is 14.3. The number of amides is 5. The average molecular weight is 764 g/mol. The van der Waals surface area contributed by atoms with E-state index < -0.39 is 65.2 Å². The quantitative estimate of drug-likeness (QED) is 0.243. The molecule has 2 aromatic carbocycles. The summed E-state index contributed by atoms with van der Waals surface area (Å²) >= 11 is 0. The number of hydrogen-bond donors (Lipinski definition) is 3. The van der Waals surface area contributed by atoms with E-state index in [9.17, 15) is 28.8 Å². The van der Waals surface area contributed by atoms with E-state index in [0.29, 0.717) is 50.9 Å². The predicted molar refractivity (Wildman–Crippen MR) is 205 cm³/mol.